The summed E-state index contributed by atoms with van der Waals surface area (Å²) in [6, 6.07) is 9.92. The molecule has 10 nitrogen and oxygen atoms in total. The number of hydrazine groups is 3. The van der Waals surface area contributed by atoms with Gasteiger partial charge in [0.2, 0.25) is 10.0 Å². The van der Waals surface area contributed by atoms with Gasteiger partial charge in [0.25, 0.3) is 0 Å². The van der Waals surface area contributed by atoms with Crippen LogP contribution in [0.2, 0.25) is 0 Å². The van der Waals surface area contributed by atoms with Crippen LogP contribution in [0.1, 0.15) is 49.4 Å². The van der Waals surface area contributed by atoms with Crippen molar-refractivity contribution in [2.45, 2.75) is 55.6 Å². The van der Waals surface area contributed by atoms with Crippen molar-refractivity contribution in [3.05, 3.63) is 41.5 Å². The van der Waals surface area contributed by atoms with Crippen LogP contribution in [-0.4, -0.2) is 19.4 Å². The molecule has 1 saturated heterocycles. The van der Waals surface area contributed by atoms with Crippen LogP contribution < -0.4 is 38.5 Å². The number of aromatic nitrogens is 1. The first-order valence-corrected chi connectivity index (χ1v) is 13.8. The third-order valence-electron chi connectivity index (χ3n) is 6.79. The van der Waals surface area contributed by atoms with Crippen LogP contribution in [0.25, 0.3) is 21.3 Å². The number of rotatable bonds is 6. The van der Waals surface area contributed by atoms with Gasteiger partial charge in [0.1, 0.15) is 6.17 Å². The van der Waals surface area contributed by atoms with Gasteiger partial charge in [0, 0.05) is 17.2 Å². The van der Waals surface area contributed by atoms with Crippen molar-refractivity contribution in [2.24, 2.45) is 16.8 Å². The highest BCUT2D eigenvalue weighted by atomic mass is 32.2. The van der Waals surface area contributed by atoms with Crippen LogP contribution in [-0.2, 0) is 16.4 Å². The molecule has 10 N–H and O–H groups in total. The molecule has 0 radical (unpaired) electrons. The molecule has 5 rings (SSSR count). The fourth-order valence-corrected chi connectivity index (χ4v) is 6.95. The van der Waals surface area contributed by atoms with E-state index in [-0.39, 0.29) is 10.9 Å². The van der Waals surface area contributed by atoms with Crippen LogP contribution in [0.5, 0.6) is 0 Å². The van der Waals surface area contributed by atoms with Gasteiger partial charge < -0.3 is 11.5 Å². The van der Waals surface area contributed by atoms with E-state index in [2.05, 4.69) is 26.9 Å². The predicted octanol–water partition coefficient (Wildman–Crippen LogP) is 1.76. The number of sulfonamides is 1. The van der Waals surface area contributed by atoms with Gasteiger partial charge in [-0.3, -0.25) is 0 Å². The van der Waals surface area contributed by atoms with Gasteiger partial charge in [-0.2, -0.15) is 11.1 Å². The standard InChI is InChI=1S/C22H30N8O2S2/c23-14-9-5-12(6-10-14)4-7-13-8-11-15(16-2-1-3-17-19(16)26-22(24)33-17)18(20(13)34(25,31)32)21-27-29-30-28-21/h1-3,8,11-12,14,21,27-30H,4-7,9-10,23H2,(H2,24,26)(H2,25,31,32). The van der Waals surface area contributed by atoms with Crippen molar-refractivity contribution in [3.8, 4) is 11.1 Å². The number of para-hydroxylation sites is 1. The molecule has 3 aromatic rings. The average molecular weight is 503 g/mol. The summed E-state index contributed by atoms with van der Waals surface area (Å²) in [6.07, 6.45) is 5.17. The Bertz CT molecular complexity index is 1300. The van der Waals surface area contributed by atoms with Gasteiger partial charge in [-0.05, 0) is 61.6 Å². The highest BCUT2D eigenvalue weighted by Crippen LogP contribution is 2.40. The summed E-state index contributed by atoms with van der Waals surface area (Å²) in [6.45, 7) is 0. The number of aryl methyl sites for hydroxylation is 1. The molecule has 1 aliphatic heterocycles. The van der Waals surface area contributed by atoms with Crippen LogP contribution >= 0.6 is 11.3 Å². The van der Waals surface area contributed by atoms with Crippen LogP contribution in [0.3, 0.4) is 0 Å². The monoisotopic (exact) mass is 502 g/mol. The summed E-state index contributed by atoms with van der Waals surface area (Å²) in [5, 5.41) is 6.30. The summed E-state index contributed by atoms with van der Waals surface area (Å²) in [5.74, 6) is 0.536. The zero-order chi connectivity index (χ0) is 23.9. The van der Waals surface area contributed by atoms with Gasteiger partial charge in [0.05, 0.1) is 15.1 Å². The number of nitrogens with one attached hydrogen (secondary N) is 4. The SMILES string of the molecule is Nc1nc2c(-c3ccc(CCC4CCC(N)CC4)c(S(N)(=O)=O)c3C3NNNN3)cccc2s1. The molecule has 0 spiro atoms. The van der Waals surface area contributed by atoms with Crippen molar-refractivity contribution in [1.29, 1.82) is 0 Å². The molecule has 12 heteroatoms. The van der Waals surface area contributed by atoms with Gasteiger partial charge in [-0.1, -0.05) is 35.6 Å². The number of nitrogen functional groups attached to an aromatic ring is 1. The Morgan fingerprint density at radius 3 is 2.47 bits per heavy atom. The molecule has 2 fully saturated rings. The number of anilines is 1. The maximum absolute atomic E-state index is 13.0. The lowest BCUT2D eigenvalue weighted by Gasteiger charge is -2.27. The van der Waals surface area contributed by atoms with Crippen molar-refractivity contribution >= 4 is 36.7 Å². The van der Waals surface area contributed by atoms with E-state index in [1.54, 1.807) is 0 Å². The first kappa shape index (κ1) is 23.6. The Morgan fingerprint density at radius 2 is 1.76 bits per heavy atom. The fourth-order valence-electron chi connectivity index (χ4n) is 5.12. The van der Waals surface area contributed by atoms with E-state index in [4.69, 9.17) is 16.6 Å². The van der Waals surface area contributed by atoms with Gasteiger partial charge in [-0.25, -0.2) is 29.4 Å². The lowest BCUT2D eigenvalue weighted by molar-refractivity contribution is 0.310. The number of thiazole rings is 1. The van der Waals surface area contributed by atoms with E-state index in [0.29, 0.717) is 23.0 Å². The summed E-state index contributed by atoms with van der Waals surface area (Å²) in [5.41, 5.74) is 27.2. The molecule has 2 aromatic carbocycles. The maximum Gasteiger partial charge on any atom is 0.238 e. The second kappa shape index (κ2) is 9.47. The number of nitrogens with two attached hydrogens (primary N) is 3. The molecular formula is C22H30N8O2S2. The second-order valence-corrected chi connectivity index (χ2v) is 11.6. The maximum atomic E-state index is 13.0. The Labute approximate surface area is 202 Å². The van der Waals surface area contributed by atoms with Crippen LogP contribution in [0.15, 0.2) is 35.2 Å². The number of fused-ring (bicyclic) bond motifs is 1. The first-order chi connectivity index (χ1) is 16.3. The van der Waals surface area contributed by atoms with E-state index in [9.17, 15) is 8.42 Å². The topological polar surface area (TPSA) is 173 Å². The Hall–Kier alpha value is -2.16. The molecular weight excluding hydrogens is 472 g/mol. The minimum Gasteiger partial charge on any atom is -0.375 e. The third kappa shape index (κ3) is 4.68. The highest BCUT2D eigenvalue weighted by Gasteiger charge is 2.31. The molecule has 0 unspecified atom stereocenters. The normalized spacial score (nSPS) is 21.9. The minimum absolute atomic E-state index is 0.146. The van der Waals surface area contributed by atoms with E-state index < -0.39 is 16.2 Å². The molecule has 0 amide bonds. The average Bonchev–Trinajstić information content (AvgIpc) is 3.46. The largest absolute Gasteiger partial charge is 0.375 e. The van der Waals surface area contributed by atoms with E-state index in [0.717, 1.165) is 59.0 Å². The summed E-state index contributed by atoms with van der Waals surface area (Å²) < 4.78 is 26.9. The molecule has 0 atom stereocenters. The Kier molecular flexibility index (Phi) is 6.57. The van der Waals surface area contributed by atoms with Gasteiger partial charge >= 0.3 is 0 Å². The van der Waals surface area contributed by atoms with Crippen molar-refractivity contribution in [1.82, 2.24) is 26.9 Å². The van der Waals surface area contributed by atoms with Crippen molar-refractivity contribution in [3.63, 3.8) is 0 Å². The number of benzene rings is 2. The quantitative estimate of drug-likeness (QED) is 0.265. The lowest BCUT2D eigenvalue weighted by Crippen LogP contribution is -2.33. The molecule has 1 aromatic heterocycles. The summed E-state index contributed by atoms with van der Waals surface area (Å²) in [7, 11) is -4.04. The molecule has 2 aliphatic rings. The molecule has 2 heterocycles. The zero-order valence-corrected chi connectivity index (χ0v) is 20.3. The summed E-state index contributed by atoms with van der Waals surface area (Å²) in [4.78, 5) is 4.65. The molecule has 1 saturated carbocycles. The number of hydrogen-bond donors (Lipinski definition) is 7. The molecule has 0 bridgehead atoms. The first-order valence-electron chi connectivity index (χ1n) is 11.4. The van der Waals surface area contributed by atoms with Gasteiger partial charge in [-0.15, -0.1) is 0 Å². The minimum atomic E-state index is -4.04. The Balaban J connectivity index is 1.62. The second-order valence-electron chi connectivity index (χ2n) is 9.06. The summed E-state index contributed by atoms with van der Waals surface area (Å²) >= 11 is 1.39. The lowest BCUT2D eigenvalue weighted by atomic mass is 9.82. The predicted molar refractivity (Wildman–Crippen MR) is 134 cm³/mol. The fraction of sp³-hybridized carbons (Fsp3) is 0.409. The van der Waals surface area contributed by atoms with E-state index in [1.165, 1.54) is 11.3 Å². The number of nitrogens with zero attached hydrogens (tertiary/aromatic N) is 1. The van der Waals surface area contributed by atoms with Crippen molar-refractivity contribution in [2.75, 3.05) is 5.73 Å². The van der Waals surface area contributed by atoms with Crippen LogP contribution in [0, 0.1) is 5.92 Å². The Morgan fingerprint density at radius 1 is 1.03 bits per heavy atom. The highest BCUT2D eigenvalue weighted by molar-refractivity contribution is 7.89. The van der Waals surface area contributed by atoms with Crippen molar-refractivity contribution < 1.29 is 8.42 Å². The number of primary sulfonamides is 1. The molecule has 182 valence electrons. The van der Waals surface area contributed by atoms with Gasteiger partial charge in [0.15, 0.2) is 5.13 Å². The molecule has 1 aliphatic carbocycles. The van der Waals surface area contributed by atoms with E-state index >= 15 is 0 Å². The van der Waals surface area contributed by atoms with Crippen LogP contribution in [0.4, 0.5) is 5.13 Å². The number of hydrogen-bond acceptors (Lipinski definition) is 10. The zero-order valence-electron chi connectivity index (χ0n) is 18.7. The molecule has 34 heavy (non-hydrogen) atoms. The third-order valence-corrected chi connectivity index (χ3v) is 8.69. The smallest absolute Gasteiger partial charge is 0.238 e. The van der Waals surface area contributed by atoms with E-state index in [1.807, 2.05) is 30.3 Å².